The normalized spacial score (nSPS) is 15.2. The van der Waals surface area contributed by atoms with Crippen LogP contribution in [0.5, 0.6) is 0 Å². The summed E-state index contributed by atoms with van der Waals surface area (Å²) in [5, 5.41) is 3.50. The molecule has 1 N–H and O–H groups in total. The van der Waals surface area contributed by atoms with Crippen LogP contribution in [0.1, 0.15) is 26.3 Å². The molecule has 0 aromatic heterocycles. The van der Waals surface area contributed by atoms with Crippen LogP contribution in [0.3, 0.4) is 0 Å². The molecule has 116 valence electrons. The maximum Gasteiger partial charge on any atom is 0.410 e. The van der Waals surface area contributed by atoms with Crippen molar-refractivity contribution in [3.63, 3.8) is 0 Å². The number of nitrogens with zero attached hydrogens (tertiary/aromatic N) is 1. The fraction of sp³-hybridized carbons (Fsp3) is 0.562. The molecular weight excluding hydrogens is 284 g/mol. The van der Waals surface area contributed by atoms with Gasteiger partial charge in [-0.2, -0.15) is 11.8 Å². The Morgan fingerprint density at radius 2 is 2.14 bits per heavy atom. The number of amides is 1. The van der Waals surface area contributed by atoms with Crippen molar-refractivity contribution in [2.45, 2.75) is 39.0 Å². The van der Waals surface area contributed by atoms with Gasteiger partial charge in [0, 0.05) is 36.8 Å². The summed E-state index contributed by atoms with van der Waals surface area (Å²) in [7, 11) is 1.76. The first kappa shape index (κ1) is 16.0. The number of carbonyl (C=O) groups excluding carboxylic acids is 1. The van der Waals surface area contributed by atoms with Crippen LogP contribution >= 0.6 is 11.8 Å². The fourth-order valence-corrected chi connectivity index (χ4v) is 2.63. The fourth-order valence-electron chi connectivity index (χ4n) is 1.99. The first-order valence-corrected chi connectivity index (χ1v) is 8.36. The molecule has 1 fully saturated rings. The molecule has 4 nitrogen and oxygen atoms in total. The zero-order chi connectivity index (χ0) is 15.5. The lowest BCUT2D eigenvalue weighted by Crippen LogP contribution is -2.34. The van der Waals surface area contributed by atoms with Crippen molar-refractivity contribution < 1.29 is 9.53 Å². The van der Waals surface area contributed by atoms with Gasteiger partial charge in [0.1, 0.15) is 5.60 Å². The summed E-state index contributed by atoms with van der Waals surface area (Å²) in [6.07, 6.45) is -0.295. The summed E-state index contributed by atoms with van der Waals surface area (Å²) in [4.78, 5) is 13.6. The molecule has 5 heteroatoms. The molecule has 1 saturated heterocycles. The number of benzene rings is 1. The SMILES string of the molecule is CN(Cc1cccc(NC2CSC2)c1)C(=O)OC(C)(C)C. The van der Waals surface area contributed by atoms with E-state index in [2.05, 4.69) is 17.4 Å². The molecule has 0 unspecified atom stereocenters. The van der Waals surface area contributed by atoms with E-state index in [-0.39, 0.29) is 6.09 Å². The minimum Gasteiger partial charge on any atom is -0.444 e. The summed E-state index contributed by atoms with van der Waals surface area (Å²) in [6, 6.07) is 8.80. The van der Waals surface area contributed by atoms with E-state index in [0.717, 1.165) is 11.3 Å². The van der Waals surface area contributed by atoms with Gasteiger partial charge in [-0.25, -0.2) is 4.79 Å². The van der Waals surface area contributed by atoms with E-state index in [0.29, 0.717) is 12.6 Å². The summed E-state index contributed by atoms with van der Waals surface area (Å²) in [5.41, 5.74) is 1.76. The zero-order valence-corrected chi connectivity index (χ0v) is 14.0. The van der Waals surface area contributed by atoms with Gasteiger partial charge in [-0.15, -0.1) is 0 Å². The highest BCUT2D eigenvalue weighted by Gasteiger charge is 2.20. The second-order valence-electron chi connectivity index (χ2n) is 6.42. The van der Waals surface area contributed by atoms with E-state index in [1.807, 2.05) is 44.7 Å². The van der Waals surface area contributed by atoms with Crippen LogP contribution in [0.15, 0.2) is 24.3 Å². The first-order valence-electron chi connectivity index (χ1n) is 7.21. The highest BCUT2D eigenvalue weighted by molar-refractivity contribution is 8.00. The van der Waals surface area contributed by atoms with Crippen LogP contribution < -0.4 is 5.32 Å². The van der Waals surface area contributed by atoms with Crippen molar-refractivity contribution in [3.8, 4) is 0 Å². The summed E-state index contributed by atoms with van der Waals surface area (Å²) in [6.45, 7) is 6.17. The molecule has 0 saturated carbocycles. The van der Waals surface area contributed by atoms with Gasteiger partial charge >= 0.3 is 6.09 Å². The standard InChI is InChI=1S/C16H24N2O2S/c1-16(2,3)20-15(19)18(4)9-12-6-5-7-13(8-12)17-14-10-21-11-14/h5-8,14,17H,9-11H2,1-4H3. The highest BCUT2D eigenvalue weighted by atomic mass is 32.2. The molecule has 1 amide bonds. The van der Waals surface area contributed by atoms with Gasteiger partial charge in [-0.05, 0) is 38.5 Å². The van der Waals surface area contributed by atoms with E-state index in [1.165, 1.54) is 11.5 Å². The number of ether oxygens (including phenoxy) is 1. The van der Waals surface area contributed by atoms with Gasteiger partial charge in [-0.1, -0.05) is 12.1 Å². The Balaban J connectivity index is 1.92. The van der Waals surface area contributed by atoms with Gasteiger partial charge in [0.25, 0.3) is 0 Å². The Morgan fingerprint density at radius 1 is 1.43 bits per heavy atom. The van der Waals surface area contributed by atoms with Crippen LogP contribution in [0.25, 0.3) is 0 Å². The molecule has 1 aromatic rings. The molecule has 0 bridgehead atoms. The highest BCUT2D eigenvalue weighted by Crippen LogP contribution is 2.22. The molecule has 0 radical (unpaired) electrons. The average molecular weight is 308 g/mol. The number of carbonyl (C=O) groups is 1. The second-order valence-corrected chi connectivity index (χ2v) is 7.49. The minimum absolute atomic E-state index is 0.295. The quantitative estimate of drug-likeness (QED) is 0.923. The number of hydrogen-bond donors (Lipinski definition) is 1. The van der Waals surface area contributed by atoms with Gasteiger partial charge in [-0.3, -0.25) is 0 Å². The second kappa shape index (κ2) is 6.60. The Bertz CT molecular complexity index is 495. The van der Waals surface area contributed by atoms with Crippen LogP contribution in [0, 0.1) is 0 Å². The number of nitrogens with one attached hydrogen (secondary N) is 1. The predicted molar refractivity (Wildman–Crippen MR) is 88.9 cm³/mol. The van der Waals surface area contributed by atoms with E-state index in [1.54, 1.807) is 11.9 Å². The minimum atomic E-state index is -0.462. The molecule has 0 atom stereocenters. The van der Waals surface area contributed by atoms with Crippen LogP contribution in [0.4, 0.5) is 10.5 Å². The lowest BCUT2D eigenvalue weighted by Gasteiger charge is -2.27. The van der Waals surface area contributed by atoms with E-state index >= 15 is 0 Å². The average Bonchev–Trinajstić information content (AvgIpc) is 2.32. The molecule has 21 heavy (non-hydrogen) atoms. The molecule has 0 aliphatic carbocycles. The van der Waals surface area contributed by atoms with Crippen molar-refractivity contribution in [2.75, 3.05) is 23.9 Å². The van der Waals surface area contributed by atoms with E-state index in [4.69, 9.17) is 4.74 Å². The van der Waals surface area contributed by atoms with Crippen molar-refractivity contribution >= 4 is 23.5 Å². The number of rotatable bonds is 4. The molecule has 1 aliphatic rings. The van der Waals surface area contributed by atoms with Gasteiger partial charge in [0.2, 0.25) is 0 Å². The van der Waals surface area contributed by atoms with Gasteiger partial charge < -0.3 is 15.0 Å². The molecular formula is C16H24N2O2S. The molecule has 1 aliphatic heterocycles. The van der Waals surface area contributed by atoms with Crippen molar-refractivity contribution in [1.82, 2.24) is 4.90 Å². The summed E-state index contributed by atoms with van der Waals surface area (Å²) < 4.78 is 5.36. The third-order valence-electron chi connectivity index (χ3n) is 3.06. The van der Waals surface area contributed by atoms with Gasteiger partial charge in [0.05, 0.1) is 0 Å². The maximum atomic E-state index is 12.0. The topological polar surface area (TPSA) is 41.6 Å². The molecule has 0 spiro atoms. The zero-order valence-electron chi connectivity index (χ0n) is 13.2. The monoisotopic (exact) mass is 308 g/mol. The first-order chi connectivity index (χ1) is 9.83. The summed E-state index contributed by atoms with van der Waals surface area (Å²) in [5.74, 6) is 2.34. The number of anilines is 1. The lowest BCUT2D eigenvalue weighted by molar-refractivity contribution is 0.0285. The van der Waals surface area contributed by atoms with E-state index in [9.17, 15) is 4.79 Å². The summed E-state index contributed by atoms with van der Waals surface area (Å²) >= 11 is 1.96. The van der Waals surface area contributed by atoms with Crippen LogP contribution in [-0.2, 0) is 11.3 Å². The Morgan fingerprint density at radius 3 is 2.71 bits per heavy atom. The van der Waals surface area contributed by atoms with E-state index < -0.39 is 5.60 Å². The van der Waals surface area contributed by atoms with Crippen molar-refractivity contribution in [2.24, 2.45) is 0 Å². The Kier molecular flexibility index (Phi) is 5.04. The van der Waals surface area contributed by atoms with Gasteiger partial charge in [0.15, 0.2) is 0 Å². The third kappa shape index (κ3) is 5.16. The number of hydrogen-bond acceptors (Lipinski definition) is 4. The smallest absolute Gasteiger partial charge is 0.410 e. The maximum absolute atomic E-state index is 12.0. The van der Waals surface area contributed by atoms with Crippen LogP contribution in [-0.4, -0.2) is 41.2 Å². The Labute approximate surface area is 131 Å². The lowest BCUT2D eigenvalue weighted by atomic mass is 10.2. The molecule has 1 heterocycles. The number of thioether (sulfide) groups is 1. The predicted octanol–water partition coefficient (Wildman–Crippen LogP) is 3.58. The van der Waals surface area contributed by atoms with Crippen molar-refractivity contribution in [3.05, 3.63) is 29.8 Å². The molecule has 2 rings (SSSR count). The largest absolute Gasteiger partial charge is 0.444 e. The van der Waals surface area contributed by atoms with Crippen molar-refractivity contribution in [1.29, 1.82) is 0 Å². The molecule has 1 aromatic carbocycles. The third-order valence-corrected chi connectivity index (χ3v) is 4.34. The Hall–Kier alpha value is -1.36. The van der Waals surface area contributed by atoms with Crippen LogP contribution in [0.2, 0.25) is 0 Å².